The van der Waals surface area contributed by atoms with Gasteiger partial charge >= 0.3 is 0 Å². The summed E-state index contributed by atoms with van der Waals surface area (Å²) >= 11 is 1.55. The minimum Gasteiger partial charge on any atom is -0.496 e. The normalized spacial score (nSPS) is 16.6. The molecule has 0 radical (unpaired) electrons. The maximum atomic E-state index is 5.82. The quantitative estimate of drug-likeness (QED) is 0.684. The van der Waals surface area contributed by atoms with E-state index in [9.17, 15) is 0 Å². The van der Waals surface area contributed by atoms with Crippen LogP contribution >= 0.6 is 11.3 Å². The third-order valence-corrected chi connectivity index (χ3v) is 6.46. The zero-order valence-corrected chi connectivity index (χ0v) is 16.9. The van der Waals surface area contributed by atoms with Crippen molar-refractivity contribution >= 4 is 26.7 Å². The number of hydrogen-bond acceptors (Lipinski definition) is 5. The molecular weight excluding hydrogens is 354 g/mol. The van der Waals surface area contributed by atoms with Crippen LogP contribution in [0.3, 0.4) is 0 Å². The van der Waals surface area contributed by atoms with Gasteiger partial charge < -0.3 is 15.4 Å². The maximum absolute atomic E-state index is 5.82. The first-order valence-corrected chi connectivity index (χ1v) is 10.4. The van der Waals surface area contributed by atoms with Gasteiger partial charge in [0.25, 0.3) is 0 Å². The first-order valence-electron chi connectivity index (χ1n) is 9.63. The van der Waals surface area contributed by atoms with Crippen molar-refractivity contribution in [1.29, 1.82) is 0 Å². The number of aromatic nitrogens is 1. The number of likely N-dealkylation sites (N-methyl/N-ethyl adjacent to an activating group) is 1. The molecule has 4 rings (SSSR count). The molecule has 0 saturated carbocycles. The molecule has 0 bridgehead atoms. The molecule has 2 N–H and O–H groups in total. The standard InChI is InChI=1S/C22H27N3OS/c1-25(12-11-15-9-10-21-19(13-15)24-22(23)27-21)14-16-5-3-7-18-17(16)6-4-8-20(18)26-2/h4,6,8-10,13,16H,3,5,7,11-12,14H2,1-2H3,(H2,23,24)/t16-/m0/s1. The highest BCUT2D eigenvalue weighted by atomic mass is 32.1. The zero-order chi connectivity index (χ0) is 18.8. The molecule has 1 heterocycles. The number of ether oxygens (including phenoxy) is 1. The second kappa shape index (κ2) is 7.87. The molecule has 4 nitrogen and oxygen atoms in total. The summed E-state index contributed by atoms with van der Waals surface area (Å²) in [5, 5.41) is 0.644. The monoisotopic (exact) mass is 381 g/mol. The lowest BCUT2D eigenvalue weighted by molar-refractivity contribution is 0.299. The molecule has 2 aromatic carbocycles. The Bertz CT molecular complexity index is 936. The molecule has 1 aliphatic rings. The van der Waals surface area contributed by atoms with Crippen LogP contribution in [0.1, 0.15) is 35.4 Å². The van der Waals surface area contributed by atoms with Crippen molar-refractivity contribution in [2.75, 3.05) is 33.0 Å². The van der Waals surface area contributed by atoms with Crippen LogP contribution in [0, 0.1) is 0 Å². The van der Waals surface area contributed by atoms with Gasteiger partial charge in [0.05, 0.1) is 17.3 Å². The summed E-state index contributed by atoms with van der Waals surface area (Å²) in [6.45, 7) is 2.13. The van der Waals surface area contributed by atoms with Crippen molar-refractivity contribution in [2.24, 2.45) is 0 Å². The van der Waals surface area contributed by atoms with Crippen LogP contribution in [0.25, 0.3) is 10.2 Å². The summed E-state index contributed by atoms with van der Waals surface area (Å²) in [4.78, 5) is 6.86. The van der Waals surface area contributed by atoms with E-state index in [1.807, 2.05) is 0 Å². The third kappa shape index (κ3) is 3.94. The summed E-state index contributed by atoms with van der Waals surface area (Å²) in [5.41, 5.74) is 11.1. The van der Waals surface area contributed by atoms with Crippen LogP contribution in [0.2, 0.25) is 0 Å². The maximum Gasteiger partial charge on any atom is 0.181 e. The van der Waals surface area contributed by atoms with Gasteiger partial charge in [-0.05, 0) is 73.5 Å². The van der Waals surface area contributed by atoms with E-state index >= 15 is 0 Å². The minimum absolute atomic E-state index is 0.592. The number of fused-ring (bicyclic) bond motifs is 2. The fourth-order valence-corrected chi connectivity index (χ4v) is 4.94. The van der Waals surface area contributed by atoms with Crippen molar-refractivity contribution in [3.63, 3.8) is 0 Å². The average molecular weight is 382 g/mol. The molecule has 3 aromatic rings. The highest BCUT2D eigenvalue weighted by Gasteiger charge is 2.23. The molecule has 1 aliphatic carbocycles. The average Bonchev–Trinajstić information content (AvgIpc) is 3.05. The van der Waals surface area contributed by atoms with Crippen LogP contribution in [-0.4, -0.2) is 37.1 Å². The van der Waals surface area contributed by atoms with Crippen LogP contribution in [0.4, 0.5) is 5.13 Å². The number of benzene rings is 2. The highest BCUT2D eigenvalue weighted by molar-refractivity contribution is 7.22. The van der Waals surface area contributed by atoms with Crippen molar-refractivity contribution < 1.29 is 4.74 Å². The summed E-state index contributed by atoms with van der Waals surface area (Å²) in [5.74, 6) is 1.64. The highest BCUT2D eigenvalue weighted by Crippen LogP contribution is 2.37. The summed E-state index contributed by atoms with van der Waals surface area (Å²) in [7, 11) is 4.01. The largest absolute Gasteiger partial charge is 0.496 e. The summed E-state index contributed by atoms with van der Waals surface area (Å²) < 4.78 is 6.74. The number of anilines is 1. The first kappa shape index (κ1) is 18.3. The SMILES string of the molecule is COc1cccc2c1CCC[C@H]2CN(C)CCc1ccc2sc(N)nc2c1. The Morgan fingerprint density at radius 3 is 3.04 bits per heavy atom. The predicted molar refractivity (Wildman–Crippen MR) is 114 cm³/mol. The number of rotatable bonds is 6. The van der Waals surface area contributed by atoms with Gasteiger partial charge in [-0.2, -0.15) is 0 Å². The van der Waals surface area contributed by atoms with Crippen molar-refractivity contribution in [2.45, 2.75) is 31.6 Å². The van der Waals surface area contributed by atoms with E-state index in [1.165, 1.54) is 29.5 Å². The Labute approximate surface area is 165 Å². The van der Waals surface area contributed by atoms with Gasteiger partial charge in [-0.15, -0.1) is 0 Å². The molecule has 0 aliphatic heterocycles. The minimum atomic E-state index is 0.592. The number of nitrogens with zero attached hydrogens (tertiary/aromatic N) is 2. The molecule has 1 aromatic heterocycles. The van der Waals surface area contributed by atoms with Crippen LogP contribution in [-0.2, 0) is 12.8 Å². The number of thiazole rings is 1. The van der Waals surface area contributed by atoms with Gasteiger partial charge in [0.2, 0.25) is 0 Å². The van der Waals surface area contributed by atoms with Crippen LogP contribution < -0.4 is 10.5 Å². The van der Waals surface area contributed by atoms with E-state index in [4.69, 9.17) is 10.5 Å². The van der Waals surface area contributed by atoms with Gasteiger partial charge in [-0.25, -0.2) is 4.98 Å². The van der Waals surface area contributed by atoms with E-state index in [1.54, 1.807) is 18.4 Å². The molecule has 0 spiro atoms. The third-order valence-electron chi connectivity index (χ3n) is 5.59. The number of nitrogen functional groups attached to an aromatic ring is 1. The van der Waals surface area contributed by atoms with Crippen LogP contribution in [0.5, 0.6) is 5.75 Å². The van der Waals surface area contributed by atoms with E-state index in [-0.39, 0.29) is 0 Å². The fraction of sp³-hybridized carbons (Fsp3) is 0.409. The zero-order valence-electron chi connectivity index (χ0n) is 16.1. The van der Waals surface area contributed by atoms with E-state index in [2.05, 4.69) is 53.3 Å². The summed E-state index contributed by atoms with van der Waals surface area (Å²) in [6.07, 6.45) is 4.67. The van der Waals surface area contributed by atoms with Crippen molar-refractivity contribution in [1.82, 2.24) is 9.88 Å². The number of hydrogen-bond donors (Lipinski definition) is 1. The number of nitrogens with two attached hydrogens (primary N) is 1. The smallest absolute Gasteiger partial charge is 0.181 e. The molecule has 0 saturated heterocycles. The molecule has 5 heteroatoms. The Hall–Kier alpha value is -2.11. The topological polar surface area (TPSA) is 51.4 Å². The molecule has 27 heavy (non-hydrogen) atoms. The molecule has 0 unspecified atom stereocenters. The molecule has 0 fully saturated rings. The molecule has 0 amide bonds. The van der Waals surface area contributed by atoms with Gasteiger partial charge in [-0.3, -0.25) is 0 Å². The Morgan fingerprint density at radius 1 is 1.30 bits per heavy atom. The van der Waals surface area contributed by atoms with E-state index < -0.39 is 0 Å². The Kier molecular flexibility index (Phi) is 5.32. The lowest BCUT2D eigenvalue weighted by atomic mass is 9.82. The first-order chi connectivity index (χ1) is 13.1. The molecule has 142 valence electrons. The van der Waals surface area contributed by atoms with E-state index in [0.717, 1.165) is 41.9 Å². The van der Waals surface area contributed by atoms with Gasteiger partial charge in [-0.1, -0.05) is 29.5 Å². The van der Waals surface area contributed by atoms with Gasteiger partial charge in [0, 0.05) is 13.1 Å². The van der Waals surface area contributed by atoms with Crippen LogP contribution in [0.15, 0.2) is 36.4 Å². The second-order valence-electron chi connectivity index (χ2n) is 7.48. The van der Waals surface area contributed by atoms with Crippen molar-refractivity contribution in [3.8, 4) is 5.75 Å². The van der Waals surface area contributed by atoms with Gasteiger partial charge in [0.1, 0.15) is 5.75 Å². The van der Waals surface area contributed by atoms with Crippen molar-refractivity contribution in [3.05, 3.63) is 53.1 Å². The van der Waals surface area contributed by atoms with E-state index in [0.29, 0.717) is 11.0 Å². The predicted octanol–water partition coefficient (Wildman–Crippen LogP) is 4.48. The lowest BCUT2D eigenvalue weighted by Crippen LogP contribution is -2.28. The lowest BCUT2D eigenvalue weighted by Gasteiger charge is -2.30. The Balaban J connectivity index is 1.40. The number of methoxy groups -OCH3 is 1. The molecular formula is C22H27N3OS. The summed E-state index contributed by atoms with van der Waals surface area (Å²) in [6, 6.07) is 13.0. The van der Waals surface area contributed by atoms with Gasteiger partial charge in [0.15, 0.2) is 5.13 Å². The second-order valence-corrected chi connectivity index (χ2v) is 8.55. The molecule has 1 atom stereocenters. The fourth-order valence-electron chi connectivity index (χ4n) is 4.23. The Morgan fingerprint density at radius 2 is 2.19 bits per heavy atom.